The summed E-state index contributed by atoms with van der Waals surface area (Å²) < 4.78 is 8.37. The van der Waals surface area contributed by atoms with Crippen molar-refractivity contribution >= 4 is 32.4 Å². The summed E-state index contributed by atoms with van der Waals surface area (Å²) in [5.74, 6) is 1.35. The van der Waals surface area contributed by atoms with E-state index in [1.165, 1.54) is 5.56 Å². The summed E-state index contributed by atoms with van der Waals surface area (Å²) in [7, 11) is 1.68. The molecule has 0 saturated carbocycles. The summed E-state index contributed by atoms with van der Waals surface area (Å²) in [5, 5.41) is 8.70. The van der Waals surface area contributed by atoms with Gasteiger partial charge in [-0.25, -0.2) is 14.6 Å². The molecular weight excluding hydrogens is 382 g/mol. The lowest BCUT2D eigenvalue weighted by Gasteiger charge is -2.26. The molecule has 1 unspecified atom stereocenters. The van der Waals surface area contributed by atoms with E-state index in [-0.39, 0.29) is 6.04 Å². The minimum atomic E-state index is 0.191. The zero-order valence-electron chi connectivity index (χ0n) is 16.9. The molecule has 150 valence electrons. The van der Waals surface area contributed by atoms with Crippen molar-refractivity contribution in [3.05, 3.63) is 60.7 Å². The van der Waals surface area contributed by atoms with E-state index in [0.29, 0.717) is 5.92 Å². The second kappa shape index (κ2) is 8.61. The number of fused-ring (bicyclic) bond motifs is 1. The molecule has 29 heavy (non-hydrogen) atoms. The summed E-state index contributed by atoms with van der Waals surface area (Å²) in [4.78, 5) is 8.82. The van der Waals surface area contributed by atoms with Gasteiger partial charge in [-0.3, -0.25) is 0 Å². The first-order valence-corrected chi connectivity index (χ1v) is 10.7. The van der Waals surface area contributed by atoms with E-state index in [4.69, 9.17) is 4.74 Å². The molecule has 0 spiro atoms. The maximum absolute atomic E-state index is 5.30. The topological polar surface area (TPSA) is 64.9 Å². The van der Waals surface area contributed by atoms with Gasteiger partial charge in [0.2, 0.25) is 0 Å². The van der Waals surface area contributed by atoms with Crippen LogP contribution in [-0.2, 0) is 0 Å². The van der Waals surface area contributed by atoms with Crippen molar-refractivity contribution < 1.29 is 4.74 Å². The van der Waals surface area contributed by atoms with E-state index in [1.54, 1.807) is 24.8 Å². The van der Waals surface area contributed by atoms with E-state index >= 15 is 0 Å². The Morgan fingerprint density at radius 2 is 1.90 bits per heavy atom. The molecule has 0 bridgehead atoms. The van der Waals surface area contributed by atoms with E-state index in [1.807, 2.05) is 29.2 Å². The van der Waals surface area contributed by atoms with E-state index in [9.17, 15) is 0 Å². The normalized spacial score (nSPS) is 12.4. The maximum Gasteiger partial charge on any atom is 0.188 e. The van der Waals surface area contributed by atoms with Crippen molar-refractivity contribution in [1.29, 1.82) is 0 Å². The van der Waals surface area contributed by atoms with Crippen molar-refractivity contribution in [2.24, 2.45) is 5.92 Å². The zero-order valence-corrected chi connectivity index (χ0v) is 17.7. The first kappa shape index (κ1) is 19.4. The van der Waals surface area contributed by atoms with Crippen LogP contribution in [0.2, 0.25) is 0 Å². The number of methoxy groups -OCH3 is 1. The molecule has 6 nitrogen and oxygen atoms in total. The Morgan fingerprint density at radius 3 is 2.55 bits per heavy atom. The van der Waals surface area contributed by atoms with Crippen LogP contribution in [0.15, 0.2) is 55.1 Å². The van der Waals surface area contributed by atoms with Crippen LogP contribution in [0.5, 0.6) is 5.75 Å². The summed E-state index contributed by atoms with van der Waals surface area (Å²) in [6.45, 7) is 4.46. The molecule has 2 heterocycles. The Labute approximate surface area is 174 Å². The second-order valence-electron chi connectivity index (χ2n) is 7.00. The third-order valence-corrected chi connectivity index (χ3v) is 6.25. The van der Waals surface area contributed by atoms with Crippen LogP contribution in [-0.4, -0.2) is 26.9 Å². The number of rotatable bonds is 8. The number of anilines is 2. The summed E-state index contributed by atoms with van der Waals surface area (Å²) >= 11 is 1.62. The molecule has 0 fully saturated rings. The van der Waals surface area contributed by atoms with Gasteiger partial charge in [-0.2, -0.15) is 5.10 Å². The van der Waals surface area contributed by atoms with E-state index in [0.717, 1.165) is 39.6 Å². The predicted molar refractivity (Wildman–Crippen MR) is 118 cm³/mol. The SMILES string of the molecule is CCC(CC)C(c1ccc(Nc2nc3ccc(OC)cc3s2)cc1)n1cncn1. The third kappa shape index (κ3) is 4.10. The first-order valence-electron chi connectivity index (χ1n) is 9.87. The van der Waals surface area contributed by atoms with Gasteiger partial charge in [0, 0.05) is 5.69 Å². The molecular formula is C22H25N5OS. The smallest absolute Gasteiger partial charge is 0.188 e. The largest absolute Gasteiger partial charge is 0.497 e. The highest BCUT2D eigenvalue weighted by Gasteiger charge is 2.23. The molecule has 2 aromatic carbocycles. The highest BCUT2D eigenvalue weighted by Crippen LogP contribution is 2.33. The predicted octanol–water partition coefficient (Wildman–Crippen LogP) is 5.67. The number of nitrogens with one attached hydrogen (secondary N) is 1. The molecule has 0 aliphatic carbocycles. The fourth-order valence-corrected chi connectivity index (χ4v) is 4.62. The van der Waals surface area contributed by atoms with Gasteiger partial charge in [-0.05, 0) is 41.8 Å². The van der Waals surface area contributed by atoms with E-state index < -0.39 is 0 Å². The van der Waals surface area contributed by atoms with Crippen molar-refractivity contribution in [2.45, 2.75) is 32.7 Å². The van der Waals surface area contributed by atoms with Crippen molar-refractivity contribution in [2.75, 3.05) is 12.4 Å². The van der Waals surface area contributed by atoms with Gasteiger partial charge in [0.15, 0.2) is 5.13 Å². The standard InChI is InChI=1S/C22H25N5OS/c1-4-15(5-2)21(27-14-23-13-24-27)16-6-8-17(9-7-16)25-22-26-19-11-10-18(28-3)12-20(19)29-22/h6-15,21H,4-5H2,1-3H3,(H,25,26). The van der Waals surface area contributed by atoms with Crippen molar-refractivity contribution in [1.82, 2.24) is 19.7 Å². The summed E-state index contributed by atoms with van der Waals surface area (Å²) in [5.41, 5.74) is 3.22. The van der Waals surface area contributed by atoms with Crippen molar-refractivity contribution in [3.8, 4) is 5.75 Å². The van der Waals surface area contributed by atoms with Crippen LogP contribution in [0.25, 0.3) is 10.2 Å². The molecule has 1 N–H and O–H groups in total. The molecule has 7 heteroatoms. The number of aromatic nitrogens is 4. The van der Waals surface area contributed by atoms with Gasteiger partial charge in [-0.1, -0.05) is 50.2 Å². The molecule has 0 radical (unpaired) electrons. The number of ether oxygens (including phenoxy) is 1. The van der Waals surface area contributed by atoms with Crippen LogP contribution < -0.4 is 10.1 Å². The lowest BCUT2D eigenvalue weighted by Crippen LogP contribution is -2.20. The number of hydrogen-bond acceptors (Lipinski definition) is 6. The quantitative estimate of drug-likeness (QED) is 0.408. The number of benzene rings is 2. The van der Waals surface area contributed by atoms with Crippen LogP contribution >= 0.6 is 11.3 Å². The molecule has 0 saturated heterocycles. The lowest BCUT2D eigenvalue weighted by atomic mass is 9.89. The van der Waals surface area contributed by atoms with Crippen LogP contribution in [0.3, 0.4) is 0 Å². The molecule has 0 aliphatic heterocycles. The van der Waals surface area contributed by atoms with Gasteiger partial charge < -0.3 is 10.1 Å². The second-order valence-corrected chi connectivity index (χ2v) is 8.03. The first-order chi connectivity index (χ1) is 14.2. The van der Waals surface area contributed by atoms with Gasteiger partial charge in [0.05, 0.1) is 23.4 Å². The highest BCUT2D eigenvalue weighted by atomic mass is 32.1. The Morgan fingerprint density at radius 1 is 1.10 bits per heavy atom. The molecule has 2 aromatic heterocycles. The van der Waals surface area contributed by atoms with Gasteiger partial charge in [0.25, 0.3) is 0 Å². The Bertz CT molecular complexity index is 1050. The lowest BCUT2D eigenvalue weighted by molar-refractivity contribution is 0.332. The van der Waals surface area contributed by atoms with Crippen molar-refractivity contribution in [3.63, 3.8) is 0 Å². The summed E-state index contributed by atoms with van der Waals surface area (Å²) in [6.07, 6.45) is 5.60. The monoisotopic (exact) mass is 407 g/mol. The number of hydrogen-bond donors (Lipinski definition) is 1. The maximum atomic E-state index is 5.30. The number of nitrogens with zero attached hydrogens (tertiary/aromatic N) is 4. The average molecular weight is 408 g/mol. The third-order valence-electron chi connectivity index (χ3n) is 5.32. The van der Waals surface area contributed by atoms with Gasteiger partial charge >= 0.3 is 0 Å². The van der Waals surface area contributed by atoms with Gasteiger partial charge in [0.1, 0.15) is 18.4 Å². The number of thiazole rings is 1. The molecule has 4 aromatic rings. The molecule has 0 amide bonds. The minimum absolute atomic E-state index is 0.191. The van der Waals surface area contributed by atoms with Crippen LogP contribution in [0, 0.1) is 5.92 Å². The van der Waals surface area contributed by atoms with Crippen LogP contribution in [0.1, 0.15) is 38.3 Å². The minimum Gasteiger partial charge on any atom is -0.497 e. The Kier molecular flexibility index (Phi) is 5.76. The fourth-order valence-electron chi connectivity index (χ4n) is 3.71. The molecule has 1 atom stereocenters. The average Bonchev–Trinajstić information content (AvgIpc) is 3.41. The van der Waals surface area contributed by atoms with Gasteiger partial charge in [-0.15, -0.1) is 0 Å². The Balaban J connectivity index is 1.56. The highest BCUT2D eigenvalue weighted by molar-refractivity contribution is 7.22. The van der Waals surface area contributed by atoms with E-state index in [2.05, 4.69) is 58.5 Å². The molecule has 4 rings (SSSR count). The fraction of sp³-hybridized carbons (Fsp3) is 0.318. The Hall–Kier alpha value is -2.93. The molecule has 0 aliphatic rings. The summed E-state index contributed by atoms with van der Waals surface area (Å²) in [6, 6.07) is 14.7. The van der Waals surface area contributed by atoms with Crippen LogP contribution in [0.4, 0.5) is 10.8 Å². The zero-order chi connectivity index (χ0) is 20.2.